The van der Waals surface area contributed by atoms with Crippen LogP contribution >= 0.6 is 11.8 Å². The normalized spacial score (nSPS) is 10.3. The first-order valence-corrected chi connectivity index (χ1v) is 4.80. The maximum atomic E-state index is 10.3. The van der Waals surface area contributed by atoms with Crippen molar-refractivity contribution in [3.63, 3.8) is 0 Å². The molecule has 0 aliphatic heterocycles. The van der Waals surface area contributed by atoms with Crippen molar-refractivity contribution in [1.29, 1.82) is 0 Å². The Morgan fingerprint density at radius 2 is 2.00 bits per heavy atom. The maximum absolute atomic E-state index is 10.3. The lowest BCUT2D eigenvalue weighted by Crippen LogP contribution is -1.85. The van der Waals surface area contributed by atoms with Crippen LogP contribution in [0.1, 0.15) is 0 Å². The molecule has 0 saturated carbocycles. The van der Waals surface area contributed by atoms with Crippen LogP contribution in [0.2, 0.25) is 0 Å². The number of non-ortho nitro benzene ring substituents is 1. The van der Waals surface area contributed by atoms with Crippen LogP contribution in [0.5, 0.6) is 0 Å². The van der Waals surface area contributed by atoms with Crippen molar-refractivity contribution in [2.24, 2.45) is 0 Å². The van der Waals surface area contributed by atoms with Crippen LogP contribution in [0.3, 0.4) is 0 Å². The Kier molecular flexibility index (Phi) is 3.94. The summed E-state index contributed by atoms with van der Waals surface area (Å²) < 4.78 is 0. The van der Waals surface area contributed by atoms with Crippen molar-refractivity contribution in [2.75, 3.05) is 0 Å². The Labute approximate surface area is 86.3 Å². The second-order valence-corrected chi connectivity index (χ2v) is 3.41. The SMILES string of the molecule is C=C/C=C\Sc1ccc([N+](=O)[O-])cc1. The van der Waals surface area contributed by atoms with E-state index in [1.807, 2.05) is 11.5 Å². The summed E-state index contributed by atoms with van der Waals surface area (Å²) in [5.41, 5.74) is 0.113. The van der Waals surface area contributed by atoms with Gasteiger partial charge in [-0.1, -0.05) is 30.5 Å². The third-order valence-corrected chi connectivity index (χ3v) is 2.30. The van der Waals surface area contributed by atoms with E-state index in [2.05, 4.69) is 6.58 Å². The molecule has 0 fully saturated rings. The molecule has 0 radical (unpaired) electrons. The molecule has 0 unspecified atom stereocenters. The van der Waals surface area contributed by atoms with E-state index in [-0.39, 0.29) is 5.69 Å². The van der Waals surface area contributed by atoms with Gasteiger partial charge >= 0.3 is 0 Å². The number of hydrogen-bond donors (Lipinski definition) is 0. The molecule has 0 N–H and O–H groups in total. The van der Waals surface area contributed by atoms with Gasteiger partial charge in [0.15, 0.2) is 0 Å². The van der Waals surface area contributed by atoms with Crippen molar-refractivity contribution in [1.82, 2.24) is 0 Å². The molecule has 0 amide bonds. The summed E-state index contributed by atoms with van der Waals surface area (Å²) in [4.78, 5) is 10.9. The Hall–Kier alpha value is -1.55. The zero-order valence-corrected chi connectivity index (χ0v) is 8.24. The van der Waals surface area contributed by atoms with Crippen LogP contribution < -0.4 is 0 Å². The van der Waals surface area contributed by atoms with Gasteiger partial charge in [-0.25, -0.2) is 0 Å². The van der Waals surface area contributed by atoms with Gasteiger partial charge < -0.3 is 0 Å². The lowest BCUT2D eigenvalue weighted by Gasteiger charge is -1.94. The van der Waals surface area contributed by atoms with Gasteiger partial charge in [0.2, 0.25) is 0 Å². The summed E-state index contributed by atoms with van der Waals surface area (Å²) in [5.74, 6) is 0. The van der Waals surface area contributed by atoms with Crippen LogP contribution in [0.15, 0.2) is 53.3 Å². The molecule has 0 atom stereocenters. The molecular formula is C10H9NO2S. The van der Waals surface area contributed by atoms with E-state index in [1.54, 1.807) is 18.2 Å². The van der Waals surface area contributed by atoms with E-state index in [0.717, 1.165) is 4.90 Å². The molecule has 3 nitrogen and oxygen atoms in total. The van der Waals surface area contributed by atoms with Gasteiger partial charge in [0.25, 0.3) is 5.69 Å². The summed E-state index contributed by atoms with van der Waals surface area (Å²) in [5, 5.41) is 12.2. The van der Waals surface area contributed by atoms with E-state index in [9.17, 15) is 10.1 Å². The Morgan fingerprint density at radius 1 is 1.36 bits per heavy atom. The first-order valence-electron chi connectivity index (χ1n) is 3.92. The van der Waals surface area contributed by atoms with E-state index < -0.39 is 4.92 Å². The average Bonchev–Trinajstić information content (AvgIpc) is 2.19. The zero-order valence-electron chi connectivity index (χ0n) is 7.42. The minimum atomic E-state index is -0.409. The molecule has 0 spiro atoms. The minimum Gasteiger partial charge on any atom is -0.258 e. The van der Waals surface area contributed by atoms with Gasteiger partial charge in [0.1, 0.15) is 0 Å². The smallest absolute Gasteiger partial charge is 0.258 e. The number of nitrogens with zero attached hydrogens (tertiary/aromatic N) is 1. The van der Waals surface area contributed by atoms with Gasteiger partial charge in [-0.3, -0.25) is 10.1 Å². The average molecular weight is 207 g/mol. The van der Waals surface area contributed by atoms with Gasteiger partial charge in [-0.2, -0.15) is 0 Å². The minimum absolute atomic E-state index is 0.113. The molecule has 0 aliphatic carbocycles. The van der Waals surface area contributed by atoms with E-state index >= 15 is 0 Å². The zero-order chi connectivity index (χ0) is 10.4. The number of nitro groups is 1. The fourth-order valence-electron chi connectivity index (χ4n) is 0.820. The predicted molar refractivity (Wildman–Crippen MR) is 58.3 cm³/mol. The summed E-state index contributed by atoms with van der Waals surface area (Å²) in [6.07, 6.45) is 3.49. The molecule has 0 aromatic heterocycles. The standard InChI is InChI=1S/C10H9NO2S/c1-2-3-8-14-10-6-4-9(5-7-10)11(12)13/h2-8H,1H2/b8-3-. The van der Waals surface area contributed by atoms with Crippen LogP contribution in [-0.4, -0.2) is 4.92 Å². The van der Waals surface area contributed by atoms with Crippen molar-refractivity contribution >= 4 is 17.4 Å². The summed E-state index contributed by atoms with van der Waals surface area (Å²) >= 11 is 1.49. The largest absolute Gasteiger partial charge is 0.269 e. The maximum Gasteiger partial charge on any atom is 0.269 e. The molecule has 4 heteroatoms. The highest BCUT2D eigenvalue weighted by atomic mass is 32.2. The molecule has 0 bridgehead atoms. The molecule has 1 rings (SSSR count). The topological polar surface area (TPSA) is 43.1 Å². The quantitative estimate of drug-likeness (QED) is 0.329. The Balaban J connectivity index is 2.68. The fourth-order valence-corrected chi connectivity index (χ4v) is 1.46. The predicted octanol–water partition coefficient (Wildman–Crippen LogP) is 3.39. The van der Waals surface area contributed by atoms with Gasteiger partial charge in [-0.15, -0.1) is 0 Å². The molecule has 1 aromatic carbocycles. The highest BCUT2D eigenvalue weighted by Crippen LogP contribution is 2.21. The van der Waals surface area contributed by atoms with Crippen LogP contribution in [0, 0.1) is 10.1 Å². The molecule has 72 valence electrons. The number of nitro benzene ring substituents is 1. The molecule has 1 aromatic rings. The van der Waals surface area contributed by atoms with Gasteiger partial charge in [0.05, 0.1) is 4.92 Å². The second-order valence-electron chi connectivity index (χ2n) is 2.43. The molecule has 0 saturated heterocycles. The number of rotatable bonds is 4. The van der Waals surface area contributed by atoms with Crippen molar-refractivity contribution in [3.8, 4) is 0 Å². The van der Waals surface area contributed by atoms with Crippen LogP contribution in [0.4, 0.5) is 5.69 Å². The Morgan fingerprint density at radius 3 is 2.50 bits per heavy atom. The van der Waals surface area contributed by atoms with Crippen LogP contribution in [-0.2, 0) is 0 Å². The molecule has 0 aliphatic rings. The molecule has 14 heavy (non-hydrogen) atoms. The van der Waals surface area contributed by atoms with Crippen LogP contribution in [0.25, 0.3) is 0 Å². The van der Waals surface area contributed by atoms with E-state index in [4.69, 9.17) is 0 Å². The number of allylic oxidation sites excluding steroid dienone is 2. The number of thioether (sulfide) groups is 1. The van der Waals surface area contributed by atoms with E-state index in [1.165, 1.54) is 23.9 Å². The third kappa shape index (κ3) is 3.06. The molecular weight excluding hydrogens is 198 g/mol. The number of hydrogen-bond acceptors (Lipinski definition) is 3. The van der Waals surface area contributed by atoms with Crippen molar-refractivity contribution < 1.29 is 4.92 Å². The number of benzene rings is 1. The Bertz CT molecular complexity index is 357. The first kappa shape index (κ1) is 10.5. The fraction of sp³-hybridized carbons (Fsp3) is 0. The van der Waals surface area contributed by atoms with E-state index in [0.29, 0.717) is 0 Å². The lowest BCUT2D eigenvalue weighted by atomic mass is 10.3. The van der Waals surface area contributed by atoms with Gasteiger partial charge in [-0.05, 0) is 17.5 Å². The second kappa shape index (κ2) is 5.24. The molecule has 0 heterocycles. The highest BCUT2D eigenvalue weighted by molar-refractivity contribution is 8.02. The summed E-state index contributed by atoms with van der Waals surface area (Å²) in [6.45, 7) is 3.54. The third-order valence-electron chi connectivity index (χ3n) is 1.47. The van der Waals surface area contributed by atoms with Crippen molar-refractivity contribution in [3.05, 3.63) is 58.5 Å². The summed E-state index contributed by atoms with van der Waals surface area (Å²) in [6, 6.07) is 6.42. The lowest BCUT2D eigenvalue weighted by molar-refractivity contribution is -0.384. The summed E-state index contributed by atoms with van der Waals surface area (Å²) in [7, 11) is 0. The first-order chi connectivity index (χ1) is 6.74. The van der Waals surface area contributed by atoms with Gasteiger partial charge in [0, 0.05) is 17.0 Å². The highest BCUT2D eigenvalue weighted by Gasteiger charge is 2.02. The van der Waals surface area contributed by atoms with Crippen molar-refractivity contribution in [2.45, 2.75) is 4.90 Å². The monoisotopic (exact) mass is 207 g/mol.